The number of ether oxygens (including phenoxy) is 1. The maximum Gasteiger partial charge on any atom is 0.323 e. The summed E-state index contributed by atoms with van der Waals surface area (Å²) >= 11 is 0. The Labute approximate surface area is 165 Å². The molecule has 2 N–H and O–H groups in total. The van der Waals surface area contributed by atoms with E-state index in [2.05, 4.69) is 27.5 Å². The number of halogens is 1. The number of carbonyl (C=O) groups excluding carboxylic acids is 3. The number of carbonyl (C=O) groups is 3. The molecule has 2 aromatic rings. The molecule has 8 nitrogen and oxygen atoms in total. The van der Waals surface area contributed by atoms with Crippen LogP contribution in [0.25, 0.3) is 0 Å². The lowest BCUT2D eigenvalue weighted by molar-refractivity contribution is -0.122. The van der Waals surface area contributed by atoms with Gasteiger partial charge in [0.05, 0.1) is 13.7 Å². The lowest BCUT2D eigenvalue weighted by atomic mass is 9.99. The minimum Gasteiger partial charge on any atom is -0.497 e. The Hall–Kier alpha value is -3.93. The number of methoxy groups -OCH3 is 1. The van der Waals surface area contributed by atoms with Crippen molar-refractivity contribution in [2.45, 2.75) is 12.1 Å². The zero-order valence-electron chi connectivity index (χ0n) is 15.3. The highest BCUT2D eigenvalue weighted by atomic mass is 19.1. The first-order valence-electron chi connectivity index (χ1n) is 8.65. The predicted octanol–water partition coefficient (Wildman–Crippen LogP) is 0.815. The molecule has 9 heteroatoms. The number of hydrogen-bond donors (Lipinski definition) is 2. The molecule has 1 aromatic carbocycles. The van der Waals surface area contributed by atoms with Crippen LogP contribution in [0, 0.1) is 17.7 Å². The third-order valence-corrected chi connectivity index (χ3v) is 4.69. The second-order valence-corrected chi connectivity index (χ2v) is 6.61. The van der Waals surface area contributed by atoms with E-state index in [9.17, 15) is 18.8 Å². The number of imide groups is 1. The van der Waals surface area contributed by atoms with Crippen LogP contribution in [0.5, 0.6) is 5.75 Å². The molecule has 2 aliphatic rings. The zero-order valence-corrected chi connectivity index (χ0v) is 15.3. The second-order valence-electron chi connectivity index (χ2n) is 6.61. The summed E-state index contributed by atoms with van der Waals surface area (Å²) in [6, 6.07) is 6.69. The van der Waals surface area contributed by atoms with E-state index in [4.69, 9.17) is 4.74 Å². The lowest BCUT2D eigenvalue weighted by Crippen LogP contribution is -2.54. The van der Waals surface area contributed by atoms with Crippen molar-refractivity contribution in [3.63, 3.8) is 0 Å². The molecule has 0 aliphatic carbocycles. The molecule has 1 saturated heterocycles. The Morgan fingerprint density at radius 3 is 2.79 bits per heavy atom. The summed E-state index contributed by atoms with van der Waals surface area (Å²) in [6.07, 6.45) is 1.24. The molecule has 0 spiro atoms. The minimum atomic E-state index is -1.67. The quantitative estimate of drug-likeness (QED) is 0.593. The van der Waals surface area contributed by atoms with Crippen LogP contribution in [-0.2, 0) is 11.3 Å². The summed E-state index contributed by atoms with van der Waals surface area (Å²) < 4.78 is 18.5. The molecule has 0 saturated carbocycles. The van der Waals surface area contributed by atoms with Gasteiger partial charge in [-0.3, -0.25) is 14.9 Å². The third-order valence-electron chi connectivity index (χ3n) is 4.69. The molecule has 1 aromatic heterocycles. The van der Waals surface area contributed by atoms with Gasteiger partial charge in [0.25, 0.3) is 11.8 Å². The van der Waals surface area contributed by atoms with E-state index in [-0.39, 0.29) is 24.7 Å². The van der Waals surface area contributed by atoms with Gasteiger partial charge >= 0.3 is 6.03 Å². The van der Waals surface area contributed by atoms with Crippen LogP contribution < -0.4 is 15.4 Å². The van der Waals surface area contributed by atoms with Gasteiger partial charge in [0.2, 0.25) is 5.54 Å². The Balaban J connectivity index is 1.65. The summed E-state index contributed by atoms with van der Waals surface area (Å²) in [7, 11) is 1.50. The predicted molar refractivity (Wildman–Crippen MR) is 98.2 cm³/mol. The van der Waals surface area contributed by atoms with Crippen molar-refractivity contribution in [1.82, 2.24) is 20.5 Å². The van der Waals surface area contributed by atoms with Crippen LogP contribution in [0.3, 0.4) is 0 Å². The summed E-state index contributed by atoms with van der Waals surface area (Å²) in [5.41, 5.74) is -0.342. The van der Waals surface area contributed by atoms with E-state index in [1.807, 2.05) is 0 Å². The van der Waals surface area contributed by atoms with Crippen molar-refractivity contribution < 1.29 is 23.5 Å². The van der Waals surface area contributed by atoms with Crippen molar-refractivity contribution in [3.8, 4) is 17.6 Å². The van der Waals surface area contributed by atoms with Crippen LogP contribution in [0.4, 0.5) is 9.18 Å². The largest absolute Gasteiger partial charge is 0.497 e. The third kappa shape index (κ3) is 3.36. The number of pyridine rings is 1. The number of nitrogens with zero attached hydrogens (tertiary/aromatic N) is 2. The highest BCUT2D eigenvalue weighted by molar-refractivity contribution is 6.10. The molecule has 2 aliphatic heterocycles. The van der Waals surface area contributed by atoms with E-state index in [1.54, 1.807) is 18.2 Å². The van der Waals surface area contributed by atoms with Crippen LogP contribution >= 0.6 is 0 Å². The summed E-state index contributed by atoms with van der Waals surface area (Å²) in [6.45, 7) is 0.0751. The van der Waals surface area contributed by atoms with Crippen molar-refractivity contribution in [3.05, 3.63) is 59.2 Å². The molecule has 4 amide bonds. The van der Waals surface area contributed by atoms with E-state index in [0.29, 0.717) is 11.3 Å². The standard InChI is InChI=1S/C20H15FN4O4/c1-29-15-3-2-12-10-25(17(26)16(12)9-15)11-20(18(27)23-19(28)24-20)6-4-14-8-13(21)5-7-22-14/h2-3,5,7-9H,10-11H2,1H3,(H2,23,24,27,28)/t20-/m1/s1. The summed E-state index contributed by atoms with van der Waals surface area (Å²) in [5.74, 6) is 4.30. The van der Waals surface area contributed by atoms with Gasteiger partial charge in [-0.25, -0.2) is 14.2 Å². The van der Waals surface area contributed by atoms with E-state index < -0.39 is 23.3 Å². The van der Waals surface area contributed by atoms with Crippen molar-refractivity contribution in [2.24, 2.45) is 0 Å². The molecular weight excluding hydrogens is 379 g/mol. The summed E-state index contributed by atoms with van der Waals surface area (Å²) in [5, 5.41) is 4.63. The lowest BCUT2D eigenvalue weighted by Gasteiger charge is -2.26. The Kier molecular flexibility index (Phi) is 4.39. The number of hydrogen-bond acceptors (Lipinski definition) is 5. The average Bonchev–Trinajstić information content (AvgIpc) is 3.15. The van der Waals surface area contributed by atoms with Crippen molar-refractivity contribution >= 4 is 17.8 Å². The number of urea groups is 1. The molecule has 3 heterocycles. The van der Waals surface area contributed by atoms with E-state index in [0.717, 1.165) is 11.6 Å². The number of rotatable bonds is 3. The normalized spacial score (nSPS) is 19.9. The number of aromatic nitrogens is 1. The smallest absolute Gasteiger partial charge is 0.323 e. The molecule has 0 unspecified atom stereocenters. The van der Waals surface area contributed by atoms with E-state index in [1.165, 1.54) is 24.3 Å². The SMILES string of the molecule is COc1ccc2c(c1)C(=O)N(C[C@@]1(C#Cc3cc(F)ccn3)NC(=O)NC1=O)C2. The topological polar surface area (TPSA) is 101 Å². The van der Waals surface area contributed by atoms with Crippen LogP contribution in [0.1, 0.15) is 21.6 Å². The van der Waals surface area contributed by atoms with Crippen LogP contribution in [0.2, 0.25) is 0 Å². The fraction of sp³-hybridized carbons (Fsp3) is 0.200. The van der Waals surface area contributed by atoms with Gasteiger partial charge in [0, 0.05) is 24.4 Å². The van der Waals surface area contributed by atoms with Crippen LogP contribution in [0.15, 0.2) is 36.5 Å². The Bertz CT molecular complexity index is 1110. The number of nitrogens with one attached hydrogen (secondary N) is 2. The van der Waals surface area contributed by atoms with Crippen molar-refractivity contribution in [1.29, 1.82) is 0 Å². The van der Waals surface area contributed by atoms with Gasteiger partial charge in [-0.1, -0.05) is 12.0 Å². The van der Waals surface area contributed by atoms with Gasteiger partial charge in [-0.2, -0.15) is 0 Å². The number of benzene rings is 1. The molecule has 1 atom stereocenters. The monoisotopic (exact) mass is 394 g/mol. The molecular formula is C20H15FN4O4. The van der Waals surface area contributed by atoms with Gasteiger partial charge < -0.3 is 15.0 Å². The fourth-order valence-electron chi connectivity index (χ4n) is 3.26. The van der Waals surface area contributed by atoms with Gasteiger partial charge in [0.15, 0.2) is 0 Å². The van der Waals surface area contributed by atoms with Crippen molar-refractivity contribution in [2.75, 3.05) is 13.7 Å². The van der Waals surface area contributed by atoms with Gasteiger partial charge in [-0.15, -0.1) is 0 Å². The first-order valence-corrected chi connectivity index (χ1v) is 8.65. The number of fused-ring (bicyclic) bond motifs is 1. The Morgan fingerprint density at radius 1 is 1.28 bits per heavy atom. The maximum absolute atomic E-state index is 13.4. The second kappa shape index (κ2) is 6.91. The molecule has 146 valence electrons. The molecule has 1 fully saturated rings. The minimum absolute atomic E-state index is 0.0964. The van der Waals surface area contributed by atoms with E-state index >= 15 is 0 Å². The molecule has 4 rings (SSSR count). The molecule has 0 radical (unpaired) electrons. The highest BCUT2D eigenvalue weighted by Gasteiger charge is 2.48. The first kappa shape index (κ1) is 18.4. The number of amides is 4. The fourth-order valence-corrected chi connectivity index (χ4v) is 3.26. The summed E-state index contributed by atoms with van der Waals surface area (Å²) in [4.78, 5) is 42.5. The Morgan fingerprint density at radius 2 is 2.10 bits per heavy atom. The van der Waals surface area contributed by atoms with Gasteiger partial charge in [0.1, 0.15) is 17.3 Å². The van der Waals surface area contributed by atoms with Crippen LogP contribution in [-0.4, -0.2) is 46.9 Å². The molecule has 0 bridgehead atoms. The molecule has 29 heavy (non-hydrogen) atoms. The average molecular weight is 394 g/mol. The highest BCUT2D eigenvalue weighted by Crippen LogP contribution is 2.28. The maximum atomic E-state index is 13.4. The van der Waals surface area contributed by atoms with Gasteiger partial charge in [-0.05, 0) is 29.7 Å². The first-order chi connectivity index (χ1) is 13.9. The zero-order chi connectivity index (χ0) is 20.6.